The summed E-state index contributed by atoms with van der Waals surface area (Å²) in [4.78, 5) is 12.4. The van der Waals surface area contributed by atoms with Gasteiger partial charge in [0, 0.05) is 6.07 Å². The van der Waals surface area contributed by atoms with E-state index in [0.717, 1.165) is 0 Å². The minimum Gasteiger partial charge on any atom is -0.508 e. The van der Waals surface area contributed by atoms with Crippen molar-refractivity contribution < 1.29 is 24.9 Å². The minimum absolute atomic E-state index is 0.0353. The number of hydrogen-bond acceptors (Lipinski definition) is 5. The quantitative estimate of drug-likeness (QED) is 0.736. The molecule has 1 aliphatic heterocycles. The van der Waals surface area contributed by atoms with Crippen molar-refractivity contribution in [2.24, 2.45) is 0 Å². The van der Waals surface area contributed by atoms with Crippen LogP contribution >= 0.6 is 0 Å². The van der Waals surface area contributed by atoms with Crippen LogP contribution in [-0.2, 0) is 0 Å². The van der Waals surface area contributed by atoms with E-state index in [-0.39, 0.29) is 23.0 Å². The number of aromatic hydroxyl groups is 2. The van der Waals surface area contributed by atoms with Gasteiger partial charge in [0.05, 0.1) is 5.56 Å². The maximum atomic E-state index is 12.4. The zero-order valence-corrected chi connectivity index (χ0v) is 10.4. The molecule has 0 unspecified atom stereocenters. The molecule has 2 atom stereocenters. The third-order valence-corrected chi connectivity index (χ3v) is 3.30. The predicted octanol–water partition coefficient (Wildman–Crippen LogP) is 1.78. The molecule has 102 valence electrons. The summed E-state index contributed by atoms with van der Waals surface area (Å²) in [7, 11) is 0. The number of hydrogen-bond donors (Lipinski definition) is 3. The summed E-state index contributed by atoms with van der Waals surface area (Å²) >= 11 is 0. The van der Waals surface area contributed by atoms with Crippen LogP contribution in [0.15, 0.2) is 42.5 Å². The summed E-state index contributed by atoms with van der Waals surface area (Å²) in [5.41, 5.74) is 0.866. The molecule has 0 fully saturated rings. The van der Waals surface area contributed by atoms with Gasteiger partial charge in [0.2, 0.25) is 6.29 Å². The Balaban J connectivity index is 2.04. The Kier molecular flexibility index (Phi) is 2.84. The number of aliphatic hydroxyl groups is 1. The summed E-state index contributed by atoms with van der Waals surface area (Å²) in [5, 5.41) is 28.7. The van der Waals surface area contributed by atoms with Crippen molar-refractivity contribution in [2.75, 3.05) is 0 Å². The number of Topliss-reactive ketones (excluding diaryl/α,β-unsaturated/α-hetero) is 1. The maximum absolute atomic E-state index is 12.4. The second-order valence-electron chi connectivity index (χ2n) is 4.62. The van der Waals surface area contributed by atoms with E-state index in [9.17, 15) is 20.1 Å². The van der Waals surface area contributed by atoms with E-state index >= 15 is 0 Å². The van der Waals surface area contributed by atoms with Gasteiger partial charge in [0.25, 0.3) is 0 Å². The number of ether oxygens (including phenoxy) is 1. The van der Waals surface area contributed by atoms with Gasteiger partial charge in [-0.05, 0) is 29.8 Å². The SMILES string of the molecule is O=C1c2ccc(O)cc2O[C@@H](O)[C@@H]1c1ccc(O)cc1. The third-order valence-electron chi connectivity index (χ3n) is 3.30. The summed E-state index contributed by atoms with van der Waals surface area (Å²) in [5.74, 6) is -0.931. The normalized spacial score (nSPS) is 21.1. The van der Waals surface area contributed by atoms with E-state index in [1.54, 1.807) is 12.1 Å². The molecule has 0 saturated heterocycles. The number of aliphatic hydroxyl groups excluding tert-OH is 1. The Morgan fingerprint density at radius 1 is 0.950 bits per heavy atom. The van der Waals surface area contributed by atoms with Crippen molar-refractivity contribution in [2.45, 2.75) is 12.2 Å². The molecule has 0 saturated carbocycles. The van der Waals surface area contributed by atoms with Gasteiger partial charge in [-0.1, -0.05) is 12.1 Å². The second kappa shape index (κ2) is 4.54. The Morgan fingerprint density at radius 3 is 2.30 bits per heavy atom. The molecule has 20 heavy (non-hydrogen) atoms. The zero-order chi connectivity index (χ0) is 14.3. The number of rotatable bonds is 1. The summed E-state index contributed by atoms with van der Waals surface area (Å²) in [6.07, 6.45) is -1.33. The molecule has 3 N–H and O–H groups in total. The number of ketones is 1. The molecule has 0 spiro atoms. The first kappa shape index (κ1) is 12.5. The number of phenolic OH excluding ortho intramolecular Hbond substituents is 2. The van der Waals surface area contributed by atoms with E-state index in [2.05, 4.69) is 0 Å². The Morgan fingerprint density at radius 2 is 1.60 bits per heavy atom. The van der Waals surface area contributed by atoms with E-state index in [0.29, 0.717) is 11.1 Å². The van der Waals surface area contributed by atoms with E-state index in [4.69, 9.17) is 4.74 Å². The molecular formula is C15H12O5. The number of benzene rings is 2. The molecule has 3 rings (SSSR count). The average Bonchev–Trinajstić information content (AvgIpc) is 2.40. The highest BCUT2D eigenvalue weighted by Gasteiger charge is 2.37. The number of fused-ring (bicyclic) bond motifs is 1. The first-order valence-electron chi connectivity index (χ1n) is 6.07. The van der Waals surface area contributed by atoms with Gasteiger partial charge >= 0.3 is 0 Å². The maximum Gasteiger partial charge on any atom is 0.211 e. The first-order chi connectivity index (χ1) is 9.56. The molecular weight excluding hydrogens is 260 g/mol. The van der Waals surface area contributed by atoms with Crippen LogP contribution in [0.4, 0.5) is 0 Å². The summed E-state index contributed by atoms with van der Waals surface area (Å²) in [6.45, 7) is 0. The molecule has 0 aromatic heterocycles. The zero-order valence-electron chi connectivity index (χ0n) is 10.4. The first-order valence-corrected chi connectivity index (χ1v) is 6.07. The van der Waals surface area contributed by atoms with Gasteiger partial charge in [0.15, 0.2) is 5.78 Å². The lowest BCUT2D eigenvalue weighted by Crippen LogP contribution is -2.35. The lowest BCUT2D eigenvalue weighted by molar-refractivity contribution is -0.0386. The van der Waals surface area contributed by atoms with Crippen LogP contribution in [0.2, 0.25) is 0 Å². The van der Waals surface area contributed by atoms with Gasteiger partial charge in [-0.25, -0.2) is 0 Å². The van der Waals surface area contributed by atoms with Gasteiger partial charge in [-0.3, -0.25) is 4.79 Å². The largest absolute Gasteiger partial charge is 0.508 e. The van der Waals surface area contributed by atoms with E-state index in [1.165, 1.54) is 30.3 Å². The minimum atomic E-state index is -1.33. The lowest BCUT2D eigenvalue weighted by Gasteiger charge is -2.29. The number of phenols is 2. The fourth-order valence-corrected chi connectivity index (χ4v) is 2.30. The highest BCUT2D eigenvalue weighted by molar-refractivity contribution is 6.04. The van der Waals surface area contributed by atoms with Crippen LogP contribution in [0.5, 0.6) is 17.2 Å². The molecule has 1 heterocycles. The summed E-state index contributed by atoms with van der Waals surface area (Å²) < 4.78 is 5.29. The van der Waals surface area contributed by atoms with Crippen molar-refractivity contribution in [3.05, 3.63) is 53.6 Å². The van der Waals surface area contributed by atoms with Gasteiger partial charge in [-0.2, -0.15) is 0 Å². The molecule has 0 amide bonds. The number of carbonyl (C=O) groups is 1. The van der Waals surface area contributed by atoms with E-state index in [1.807, 2.05) is 0 Å². The Hall–Kier alpha value is -2.53. The summed E-state index contributed by atoms with van der Waals surface area (Å²) in [6, 6.07) is 10.2. The molecule has 0 radical (unpaired) electrons. The van der Waals surface area contributed by atoms with Crippen LogP contribution in [0.25, 0.3) is 0 Å². The molecule has 0 aliphatic carbocycles. The third kappa shape index (κ3) is 1.98. The van der Waals surface area contributed by atoms with Gasteiger partial charge in [-0.15, -0.1) is 0 Å². The van der Waals surface area contributed by atoms with Crippen LogP contribution in [0.3, 0.4) is 0 Å². The van der Waals surface area contributed by atoms with Gasteiger partial charge in [0.1, 0.15) is 23.2 Å². The van der Waals surface area contributed by atoms with Crippen molar-refractivity contribution in [3.63, 3.8) is 0 Å². The highest BCUT2D eigenvalue weighted by Crippen LogP contribution is 2.37. The predicted molar refractivity (Wildman–Crippen MR) is 69.9 cm³/mol. The average molecular weight is 272 g/mol. The molecule has 2 aromatic carbocycles. The van der Waals surface area contributed by atoms with Crippen LogP contribution in [-0.4, -0.2) is 27.4 Å². The van der Waals surface area contributed by atoms with Crippen molar-refractivity contribution in [1.29, 1.82) is 0 Å². The van der Waals surface area contributed by atoms with E-state index < -0.39 is 12.2 Å². The topological polar surface area (TPSA) is 87.0 Å². The Bertz CT molecular complexity index is 662. The monoisotopic (exact) mass is 272 g/mol. The molecule has 2 aromatic rings. The molecule has 5 heteroatoms. The second-order valence-corrected chi connectivity index (χ2v) is 4.62. The van der Waals surface area contributed by atoms with Crippen molar-refractivity contribution in [1.82, 2.24) is 0 Å². The molecule has 5 nitrogen and oxygen atoms in total. The van der Waals surface area contributed by atoms with Crippen LogP contribution < -0.4 is 4.74 Å². The van der Waals surface area contributed by atoms with Crippen molar-refractivity contribution in [3.8, 4) is 17.2 Å². The standard InChI is InChI=1S/C15H12O5/c16-9-3-1-8(2-4-9)13-14(18)11-6-5-10(17)7-12(11)20-15(13)19/h1-7,13,15-17,19H/t13-,15-/m1/s1. The number of carbonyl (C=O) groups excluding carboxylic acids is 1. The van der Waals surface area contributed by atoms with Gasteiger partial charge < -0.3 is 20.1 Å². The van der Waals surface area contributed by atoms with Crippen LogP contribution in [0, 0.1) is 0 Å². The molecule has 0 bridgehead atoms. The highest BCUT2D eigenvalue weighted by atomic mass is 16.6. The van der Waals surface area contributed by atoms with Crippen molar-refractivity contribution >= 4 is 5.78 Å². The fourth-order valence-electron chi connectivity index (χ4n) is 2.30. The van der Waals surface area contributed by atoms with Crippen LogP contribution in [0.1, 0.15) is 21.8 Å². The molecule has 1 aliphatic rings. The lowest BCUT2D eigenvalue weighted by atomic mass is 9.87. The Labute approximate surface area is 114 Å². The fraction of sp³-hybridized carbons (Fsp3) is 0.133. The smallest absolute Gasteiger partial charge is 0.211 e.